The van der Waals surface area contributed by atoms with Gasteiger partial charge in [0, 0.05) is 11.5 Å². The lowest BCUT2D eigenvalue weighted by molar-refractivity contribution is -0.146. The second-order valence-electron chi connectivity index (χ2n) is 5.91. The lowest BCUT2D eigenvalue weighted by Crippen LogP contribution is -2.31. The average molecular weight is 424 g/mol. The molecule has 10 heteroatoms. The van der Waals surface area contributed by atoms with Gasteiger partial charge in [-0.3, -0.25) is 9.59 Å². The zero-order chi connectivity index (χ0) is 21.4. The van der Waals surface area contributed by atoms with Gasteiger partial charge < -0.3 is 10.1 Å². The predicted octanol–water partition coefficient (Wildman–Crippen LogP) is 2.35. The van der Waals surface area contributed by atoms with Crippen LogP contribution in [0.1, 0.15) is 11.1 Å². The minimum Gasteiger partial charge on any atom is -0.455 e. The molecule has 0 unspecified atom stereocenters. The summed E-state index contributed by atoms with van der Waals surface area (Å²) in [4.78, 5) is 23.2. The van der Waals surface area contributed by atoms with Gasteiger partial charge in [0.05, 0.1) is 5.69 Å². The highest BCUT2D eigenvalue weighted by Gasteiger charge is 2.13. The quantitative estimate of drug-likeness (QED) is 0.634. The smallest absolute Gasteiger partial charge is 0.321 e. The van der Waals surface area contributed by atoms with E-state index in [0.717, 1.165) is 23.1 Å². The third kappa shape index (κ3) is 7.80. The Balaban J connectivity index is 1.78. The number of anilines is 1. The molecule has 0 aliphatic rings. The van der Waals surface area contributed by atoms with E-state index < -0.39 is 46.7 Å². The number of carbonyl (C=O) groups excluding carboxylic acids is 2. The number of rotatable bonds is 8. The van der Waals surface area contributed by atoms with Crippen LogP contribution in [0.4, 0.5) is 14.5 Å². The Hall–Kier alpha value is -3.11. The first-order valence-electron chi connectivity index (χ1n) is 8.29. The van der Waals surface area contributed by atoms with Crippen molar-refractivity contribution in [1.29, 1.82) is 0 Å². The van der Waals surface area contributed by atoms with E-state index in [9.17, 15) is 26.8 Å². The van der Waals surface area contributed by atoms with Crippen LogP contribution in [0.25, 0.3) is 6.08 Å². The highest BCUT2D eigenvalue weighted by atomic mass is 32.2. The van der Waals surface area contributed by atoms with Crippen LogP contribution in [0.2, 0.25) is 0 Å². The molecule has 2 rings (SSSR count). The highest BCUT2D eigenvalue weighted by molar-refractivity contribution is 7.92. The molecule has 0 fully saturated rings. The highest BCUT2D eigenvalue weighted by Crippen LogP contribution is 2.14. The van der Waals surface area contributed by atoms with Crippen molar-refractivity contribution < 1.29 is 31.5 Å². The number of benzene rings is 2. The fourth-order valence-corrected chi connectivity index (χ4v) is 2.78. The fourth-order valence-electron chi connectivity index (χ4n) is 2.03. The van der Waals surface area contributed by atoms with Crippen LogP contribution in [0.5, 0.6) is 0 Å². The Morgan fingerprint density at radius 2 is 1.79 bits per heavy atom. The van der Waals surface area contributed by atoms with Crippen LogP contribution in [0, 0.1) is 18.6 Å². The fraction of sp³-hybridized carbons (Fsp3) is 0.158. The molecule has 0 spiro atoms. The molecular weight excluding hydrogens is 406 g/mol. The number of esters is 1. The molecule has 0 atom stereocenters. The van der Waals surface area contributed by atoms with Crippen molar-refractivity contribution in [3.8, 4) is 0 Å². The standard InChI is InChI=1S/C19H18F2N2O5S/c1-13-2-4-14(5-3-13)8-9-29(26,27)22-11-19(25)28-12-18(24)23-17-7-6-15(20)10-16(17)21/h2-10,22H,11-12H2,1H3,(H,23,24)/b9-8+. The van der Waals surface area contributed by atoms with Crippen LogP contribution in [-0.2, 0) is 24.3 Å². The number of hydrogen-bond donors (Lipinski definition) is 2. The molecule has 7 nitrogen and oxygen atoms in total. The first kappa shape index (κ1) is 22.2. The van der Waals surface area contributed by atoms with Crippen molar-refractivity contribution in [2.45, 2.75) is 6.92 Å². The van der Waals surface area contributed by atoms with Gasteiger partial charge in [-0.25, -0.2) is 21.9 Å². The van der Waals surface area contributed by atoms with Crippen LogP contribution in [0.3, 0.4) is 0 Å². The van der Waals surface area contributed by atoms with Crippen LogP contribution in [0.15, 0.2) is 47.9 Å². The molecule has 0 radical (unpaired) electrons. The maximum Gasteiger partial charge on any atom is 0.321 e. The van der Waals surface area contributed by atoms with Gasteiger partial charge in [-0.2, -0.15) is 0 Å². The summed E-state index contributed by atoms with van der Waals surface area (Å²) in [5.41, 5.74) is 1.40. The number of sulfonamides is 1. The SMILES string of the molecule is Cc1ccc(/C=C/S(=O)(=O)NCC(=O)OCC(=O)Nc2ccc(F)cc2F)cc1. The van der Waals surface area contributed by atoms with Gasteiger partial charge in [-0.1, -0.05) is 29.8 Å². The monoisotopic (exact) mass is 424 g/mol. The topological polar surface area (TPSA) is 102 Å². The minimum absolute atomic E-state index is 0.283. The summed E-state index contributed by atoms with van der Waals surface area (Å²) in [5.74, 6) is -3.67. The van der Waals surface area contributed by atoms with Gasteiger partial charge in [-0.15, -0.1) is 0 Å². The number of nitrogens with one attached hydrogen (secondary N) is 2. The summed E-state index contributed by atoms with van der Waals surface area (Å²) in [6, 6.07) is 9.65. The second kappa shape index (κ2) is 9.89. The van der Waals surface area contributed by atoms with E-state index in [1.807, 2.05) is 23.8 Å². The largest absolute Gasteiger partial charge is 0.455 e. The second-order valence-corrected chi connectivity index (χ2v) is 7.56. The lowest BCUT2D eigenvalue weighted by atomic mass is 10.2. The Labute approximate surface area is 166 Å². The molecule has 0 saturated heterocycles. The maximum atomic E-state index is 13.4. The van der Waals surface area contributed by atoms with Gasteiger partial charge in [0.2, 0.25) is 10.0 Å². The zero-order valence-electron chi connectivity index (χ0n) is 15.3. The maximum absolute atomic E-state index is 13.4. The average Bonchev–Trinajstić information content (AvgIpc) is 2.67. The molecule has 0 aromatic heterocycles. The number of aryl methyl sites for hydroxylation is 1. The Bertz CT molecular complexity index is 1020. The molecular formula is C19H18F2N2O5S. The number of hydrogen-bond acceptors (Lipinski definition) is 5. The number of carbonyl (C=O) groups is 2. The summed E-state index contributed by atoms with van der Waals surface area (Å²) < 4.78 is 56.6. The molecule has 2 N–H and O–H groups in total. The van der Waals surface area contributed by atoms with Gasteiger partial charge in [0.25, 0.3) is 5.91 Å². The summed E-state index contributed by atoms with van der Waals surface area (Å²) in [6.07, 6.45) is 1.36. The third-order valence-corrected chi connectivity index (χ3v) is 4.55. The summed E-state index contributed by atoms with van der Waals surface area (Å²) in [7, 11) is -3.90. The van der Waals surface area contributed by atoms with E-state index in [0.29, 0.717) is 11.6 Å². The Morgan fingerprint density at radius 1 is 1.10 bits per heavy atom. The Morgan fingerprint density at radius 3 is 2.45 bits per heavy atom. The molecule has 154 valence electrons. The number of amides is 1. The van der Waals surface area contributed by atoms with E-state index in [1.54, 1.807) is 12.1 Å². The van der Waals surface area contributed by atoms with Crippen molar-refractivity contribution >= 4 is 33.7 Å². The summed E-state index contributed by atoms with van der Waals surface area (Å²) in [5, 5.41) is 3.00. The molecule has 2 aromatic rings. The third-order valence-electron chi connectivity index (χ3n) is 3.50. The van der Waals surface area contributed by atoms with Crippen LogP contribution >= 0.6 is 0 Å². The molecule has 29 heavy (non-hydrogen) atoms. The molecule has 1 amide bonds. The van der Waals surface area contributed by atoms with Gasteiger partial charge in [-0.05, 0) is 30.7 Å². The molecule has 0 heterocycles. The molecule has 2 aromatic carbocycles. The van der Waals surface area contributed by atoms with Crippen molar-refractivity contribution in [3.05, 3.63) is 70.6 Å². The normalized spacial score (nSPS) is 11.4. The Kier molecular flexibility index (Phi) is 7.57. The zero-order valence-corrected chi connectivity index (χ0v) is 16.1. The van der Waals surface area contributed by atoms with Crippen molar-refractivity contribution in [3.63, 3.8) is 0 Å². The van der Waals surface area contributed by atoms with Crippen LogP contribution < -0.4 is 10.0 Å². The van der Waals surface area contributed by atoms with E-state index >= 15 is 0 Å². The molecule has 0 aliphatic carbocycles. The predicted molar refractivity (Wildman–Crippen MR) is 103 cm³/mol. The van der Waals surface area contributed by atoms with Crippen molar-refractivity contribution in [2.24, 2.45) is 0 Å². The first-order chi connectivity index (χ1) is 13.6. The minimum atomic E-state index is -3.90. The van der Waals surface area contributed by atoms with E-state index in [2.05, 4.69) is 10.1 Å². The molecule has 0 bridgehead atoms. The van der Waals surface area contributed by atoms with E-state index in [1.165, 1.54) is 6.08 Å². The van der Waals surface area contributed by atoms with E-state index in [4.69, 9.17) is 0 Å². The lowest BCUT2D eigenvalue weighted by Gasteiger charge is -2.08. The molecule has 0 saturated carbocycles. The van der Waals surface area contributed by atoms with Crippen molar-refractivity contribution in [2.75, 3.05) is 18.5 Å². The van der Waals surface area contributed by atoms with E-state index in [-0.39, 0.29) is 5.69 Å². The number of ether oxygens (including phenoxy) is 1. The number of halogens is 2. The van der Waals surface area contributed by atoms with Gasteiger partial charge in [0.1, 0.15) is 18.2 Å². The van der Waals surface area contributed by atoms with Gasteiger partial charge >= 0.3 is 5.97 Å². The van der Waals surface area contributed by atoms with Crippen molar-refractivity contribution in [1.82, 2.24) is 4.72 Å². The first-order valence-corrected chi connectivity index (χ1v) is 9.84. The van der Waals surface area contributed by atoms with Gasteiger partial charge in [0.15, 0.2) is 6.61 Å². The van der Waals surface area contributed by atoms with Crippen LogP contribution in [-0.4, -0.2) is 33.4 Å². The summed E-state index contributed by atoms with van der Waals surface area (Å²) >= 11 is 0. The summed E-state index contributed by atoms with van der Waals surface area (Å²) in [6.45, 7) is 0.434. The molecule has 0 aliphatic heterocycles.